The minimum atomic E-state index is -0.727. The van der Waals surface area contributed by atoms with E-state index in [1.807, 2.05) is 51.1 Å². The molecule has 0 aromatic heterocycles. The molecule has 130 valence electrons. The SMILES string of the molecule is COc1ccc2c(c1)[C@@H]1C[C@](C)(O2)N(c2cc(C)cc(C)c2)C(=O)N1. The highest BCUT2D eigenvalue weighted by molar-refractivity contribution is 5.95. The summed E-state index contributed by atoms with van der Waals surface area (Å²) in [6.45, 7) is 6.04. The third kappa shape index (κ3) is 2.51. The second-order valence-electron chi connectivity index (χ2n) is 7.07. The van der Waals surface area contributed by atoms with Gasteiger partial charge in [-0.05, 0) is 62.2 Å². The average molecular weight is 338 g/mol. The molecular weight excluding hydrogens is 316 g/mol. The van der Waals surface area contributed by atoms with Gasteiger partial charge in [-0.1, -0.05) is 6.07 Å². The number of carbonyl (C=O) groups excluding carboxylic acids is 1. The lowest BCUT2D eigenvalue weighted by molar-refractivity contribution is 0.0377. The van der Waals surface area contributed by atoms with Crippen molar-refractivity contribution in [2.24, 2.45) is 0 Å². The first kappa shape index (κ1) is 15.8. The van der Waals surface area contributed by atoms with Crippen molar-refractivity contribution in [3.63, 3.8) is 0 Å². The summed E-state index contributed by atoms with van der Waals surface area (Å²) in [5.41, 5.74) is 3.33. The lowest BCUT2D eigenvalue weighted by Crippen LogP contribution is -2.65. The molecule has 0 saturated carbocycles. The van der Waals surface area contributed by atoms with E-state index >= 15 is 0 Å². The van der Waals surface area contributed by atoms with Crippen molar-refractivity contribution in [3.8, 4) is 11.5 Å². The van der Waals surface area contributed by atoms with E-state index in [4.69, 9.17) is 9.47 Å². The molecule has 2 aromatic carbocycles. The Hall–Kier alpha value is -2.69. The van der Waals surface area contributed by atoms with E-state index in [0.29, 0.717) is 6.42 Å². The number of amides is 2. The highest BCUT2D eigenvalue weighted by atomic mass is 16.5. The van der Waals surface area contributed by atoms with Gasteiger partial charge in [-0.2, -0.15) is 0 Å². The Morgan fingerprint density at radius 1 is 1.20 bits per heavy atom. The van der Waals surface area contributed by atoms with E-state index in [9.17, 15) is 4.79 Å². The molecular formula is C20H22N2O3. The molecule has 1 fully saturated rings. The number of ether oxygens (including phenoxy) is 2. The van der Waals surface area contributed by atoms with Crippen LogP contribution >= 0.6 is 0 Å². The van der Waals surface area contributed by atoms with Crippen LogP contribution in [-0.2, 0) is 0 Å². The molecule has 5 nitrogen and oxygen atoms in total. The zero-order valence-corrected chi connectivity index (χ0v) is 14.9. The molecule has 25 heavy (non-hydrogen) atoms. The maximum Gasteiger partial charge on any atom is 0.325 e. The van der Waals surface area contributed by atoms with Gasteiger partial charge in [-0.15, -0.1) is 0 Å². The van der Waals surface area contributed by atoms with Gasteiger partial charge in [0.15, 0.2) is 5.72 Å². The Morgan fingerprint density at radius 2 is 1.92 bits per heavy atom. The van der Waals surface area contributed by atoms with Crippen LogP contribution in [0.1, 0.15) is 36.1 Å². The van der Waals surface area contributed by atoms with E-state index in [-0.39, 0.29) is 12.1 Å². The zero-order chi connectivity index (χ0) is 17.8. The monoisotopic (exact) mass is 338 g/mol. The average Bonchev–Trinajstić information content (AvgIpc) is 2.52. The van der Waals surface area contributed by atoms with Gasteiger partial charge in [0, 0.05) is 17.7 Å². The van der Waals surface area contributed by atoms with Crippen LogP contribution < -0.4 is 19.7 Å². The number of hydrogen-bond donors (Lipinski definition) is 1. The molecule has 2 heterocycles. The van der Waals surface area contributed by atoms with Crippen LogP contribution in [0.15, 0.2) is 36.4 Å². The van der Waals surface area contributed by atoms with Gasteiger partial charge in [0.05, 0.1) is 13.2 Å². The predicted molar refractivity (Wildman–Crippen MR) is 96.3 cm³/mol. The number of aryl methyl sites for hydroxylation is 2. The Bertz CT molecular complexity index is 844. The molecule has 2 atom stereocenters. The van der Waals surface area contributed by atoms with Crippen molar-refractivity contribution in [1.82, 2.24) is 5.32 Å². The summed E-state index contributed by atoms with van der Waals surface area (Å²) in [6.07, 6.45) is 0.673. The van der Waals surface area contributed by atoms with Gasteiger partial charge in [-0.25, -0.2) is 4.79 Å². The molecule has 1 N–H and O–H groups in total. The first-order chi connectivity index (χ1) is 11.9. The fourth-order valence-corrected chi connectivity index (χ4v) is 3.95. The molecule has 0 radical (unpaired) electrons. The quantitative estimate of drug-likeness (QED) is 0.897. The second-order valence-corrected chi connectivity index (χ2v) is 7.07. The van der Waals surface area contributed by atoms with E-state index < -0.39 is 5.72 Å². The zero-order valence-electron chi connectivity index (χ0n) is 14.9. The maximum absolute atomic E-state index is 12.9. The molecule has 2 aliphatic rings. The number of benzene rings is 2. The fourth-order valence-electron chi connectivity index (χ4n) is 3.95. The number of hydrogen-bond acceptors (Lipinski definition) is 3. The first-order valence-corrected chi connectivity index (χ1v) is 8.45. The maximum atomic E-state index is 12.9. The van der Waals surface area contributed by atoms with Crippen LogP contribution in [0.2, 0.25) is 0 Å². The molecule has 0 unspecified atom stereocenters. The Balaban J connectivity index is 1.79. The molecule has 1 saturated heterocycles. The number of nitrogens with one attached hydrogen (secondary N) is 1. The number of fused-ring (bicyclic) bond motifs is 4. The van der Waals surface area contributed by atoms with Crippen molar-refractivity contribution in [2.45, 2.75) is 39.0 Å². The number of urea groups is 1. The molecule has 4 rings (SSSR count). The minimum Gasteiger partial charge on any atom is -0.497 e. The van der Waals surface area contributed by atoms with Crippen molar-refractivity contribution in [3.05, 3.63) is 53.1 Å². The number of methoxy groups -OCH3 is 1. The van der Waals surface area contributed by atoms with Crippen molar-refractivity contribution >= 4 is 11.7 Å². The van der Waals surface area contributed by atoms with Crippen LogP contribution in [0, 0.1) is 13.8 Å². The fraction of sp³-hybridized carbons (Fsp3) is 0.350. The lowest BCUT2D eigenvalue weighted by Gasteiger charge is -2.50. The molecule has 5 heteroatoms. The van der Waals surface area contributed by atoms with Crippen LogP contribution in [0.5, 0.6) is 11.5 Å². The van der Waals surface area contributed by atoms with Gasteiger partial charge < -0.3 is 14.8 Å². The highest BCUT2D eigenvalue weighted by Crippen LogP contribution is 2.46. The highest BCUT2D eigenvalue weighted by Gasteiger charge is 2.50. The third-order valence-corrected chi connectivity index (χ3v) is 4.94. The second kappa shape index (κ2) is 5.41. The van der Waals surface area contributed by atoms with E-state index in [2.05, 4.69) is 11.4 Å². The summed E-state index contributed by atoms with van der Waals surface area (Å²) in [7, 11) is 1.64. The number of anilines is 1. The van der Waals surface area contributed by atoms with Gasteiger partial charge in [0.1, 0.15) is 11.5 Å². The molecule has 2 aliphatic heterocycles. The standard InChI is InChI=1S/C20H22N2O3/c1-12-7-13(2)9-14(8-12)22-19(23)21-17-11-20(22,3)25-18-6-5-15(24-4)10-16(17)18/h5-10,17H,11H2,1-4H3,(H,21,23)/t17-,20-/m0/s1. The van der Waals surface area contributed by atoms with Crippen molar-refractivity contribution in [1.29, 1.82) is 0 Å². The molecule has 2 aromatic rings. The first-order valence-electron chi connectivity index (χ1n) is 8.45. The van der Waals surface area contributed by atoms with Gasteiger partial charge in [0.2, 0.25) is 0 Å². The van der Waals surface area contributed by atoms with Crippen LogP contribution in [-0.4, -0.2) is 18.9 Å². The van der Waals surface area contributed by atoms with E-state index in [1.165, 1.54) is 0 Å². The third-order valence-electron chi connectivity index (χ3n) is 4.94. The predicted octanol–water partition coefficient (Wildman–Crippen LogP) is 4.08. The van der Waals surface area contributed by atoms with Crippen LogP contribution in [0.25, 0.3) is 0 Å². The smallest absolute Gasteiger partial charge is 0.325 e. The van der Waals surface area contributed by atoms with Crippen LogP contribution in [0.4, 0.5) is 10.5 Å². The number of nitrogens with zero attached hydrogens (tertiary/aromatic N) is 1. The molecule has 2 amide bonds. The summed E-state index contributed by atoms with van der Waals surface area (Å²) in [6, 6.07) is 11.6. The molecule has 0 spiro atoms. The van der Waals surface area contributed by atoms with Crippen LogP contribution in [0.3, 0.4) is 0 Å². The summed E-state index contributed by atoms with van der Waals surface area (Å²) in [4.78, 5) is 14.6. The lowest BCUT2D eigenvalue weighted by atomic mass is 9.90. The van der Waals surface area contributed by atoms with Crippen molar-refractivity contribution in [2.75, 3.05) is 12.0 Å². The van der Waals surface area contributed by atoms with E-state index in [0.717, 1.165) is 33.9 Å². The van der Waals surface area contributed by atoms with Gasteiger partial charge in [0.25, 0.3) is 0 Å². The Morgan fingerprint density at radius 3 is 2.60 bits per heavy atom. The molecule has 0 aliphatic carbocycles. The molecule has 2 bridgehead atoms. The topological polar surface area (TPSA) is 50.8 Å². The number of rotatable bonds is 2. The normalized spacial score (nSPS) is 24.2. The van der Waals surface area contributed by atoms with E-state index in [1.54, 1.807) is 12.0 Å². The summed E-state index contributed by atoms with van der Waals surface area (Å²) in [5.74, 6) is 1.55. The summed E-state index contributed by atoms with van der Waals surface area (Å²) in [5, 5.41) is 3.12. The summed E-state index contributed by atoms with van der Waals surface area (Å²) < 4.78 is 11.6. The minimum absolute atomic E-state index is 0.0847. The van der Waals surface area contributed by atoms with Gasteiger partial charge in [-0.3, -0.25) is 4.90 Å². The Labute approximate surface area is 147 Å². The van der Waals surface area contributed by atoms with Crippen molar-refractivity contribution < 1.29 is 14.3 Å². The summed E-state index contributed by atoms with van der Waals surface area (Å²) >= 11 is 0. The largest absolute Gasteiger partial charge is 0.497 e. The van der Waals surface area contributed by atoms with Gasteiger partial charge >= 0.3 is 6.03 Å². The number of carbonyl (C=O) groups is 1. The Kier molecular flexibility index (Phi) is 3.42.